The van der Waals surface area contributed by atoms with Crippen molar-refractivity contribution in [1.29, 1.82) is 0 Å². The second kappa shape index (κ2) is 9.53. The van der Waals surface area contributed by atoms with Gasteiger partial charge in [-0.05, 0) is 60.6 Å². The number of nitrogens with one attached hydrogen (secondary N) is 2. The second-order valence-corrected chi connectivity index (χ2v) is 5.77. The predicted molar refractivity (Wildman–Crippen MR) is 103 cm³/mol. The molecule has 2 N–H and O–H groups in total. The normalized spacial score (nSPS) is 9.92. The minimum absolute atomic E-state index is 0.144. The Balaban J connectivity index is 1.79. The molecule has 2 aromatic rings. The van der Waals surface area contributed by atoms with Gasteiger partial charge in [-0.3, -0.25) is 10.1 Å². The van der Waals surface area contributed by atoms with Gasteiger partial charge in [0, 0.05) is 5.69 Å². The van der Waals surface area contributed by atoms with Gasteiger partial charge in [-0.1, -0.05) is 19.1 Å². The number of anilines is 1. The highest BCUT2D eigenvalue weighted by Gasteiger charge is 2.08. The lowest BCUT2D eigenvalue weighted by Crippen LogP contribution is -2.37. The molecular formula is C19H20N2O4S. The van der Waals surface area contributed by atoms with E-state index in [0.29, 0.717) is 17.0 Å². The molecule has 0 aliphatic rings. The van der Waals surface area contributed by atoms with Gasteiger partial charge in [-0.15, -0.1) is 0 Å². The molecule has 6 nitrogen and oxygen atoms in total. The van der Waals surface area contributed by atoms with Crippen LogP contribution in [0.5, 0.6) is 5.75 Å². The van der Waals surface area contributed by atoms with Crippen LogP contribution < -0.4 is 15.4 Å². The summed E-state index contributed by atoms with van der Waals surface area (Å²) in [4.78, 5) is 23.3. The molecule has 0 saturated carbocycles. The number of rotatable bonds is 6. The third-order valence-electron chi connectivity index (χ3n) is 3.52. The van der Waals surface area contributed by atoms with Crippen LogP contribution in [-0.2, 0) is 16.0 Å². The van der Waals surface area contributed by atoms with Gasteiger partial charge in [0.25, 0.3) is 5.91 Å². The summed E-state index contributed by atoms with van der Waals surface area (Å²) in [6.45, 7) is 1.93. The largest absolute Gasteiger partial charge is 0.484 e. The van der Waals surface area contributed by atoms with Crippen molar-refractivity contribution in [2.45, 2.75) is 13.3 Å². The molecule has 0 fully saturated rings. The zero-order valence-electron chi connectivity index (χ0n) is 14.6. The molecule has 0 aliphatic heterocycles. The minimum atomic E-state index is -0.420. The highest BCUT2D eigenvalue weighted by atomic mass is 32.1. The number of thiocarbonyl (C=S) groups is 1. The standard InChI is InChI=1S/C19H20N2O4S/c1-3-13-4-10-16(11-5-13)25-12-17(22)21-19(26)20-15-8-6-14(7-9-15)18(23)24-2/h4-11H,3,12H2,1-2H3,(H2,20,21,22,26). The van der Waals surface area contributed by atoms with Gasteiger partial charge >= 0.3 is 5.97 Å². The maximum atomic E-state index is 11.9. The van der Waals surface area contributed by atoms with Crippen LogP contribution in [0.25, 0.3) is 0 Å². The second-order valence-electron chi connectivity index (χ2n) is 5.36. The Labute approximate surface area is 157 Å². The molecule has 7 heteroatoms. The number of carbonyl (C=O) groups is 2. The predicted octanol–water partition coefficient (Wildman–Crippen LogP) is 2.93. The number of aryl methyl sites for hydroxylation is 1. The lowest BCUT2D eigenvalue weighted by Gasteiger charge is -2.11. The topological polar surface area (TPSA) is 76.7 Å². The van der Waals surface area contributed by atoms with Crippen LogP contribution in [0.15, 0.2) is 48.5 Å². The first kappa shape index (κ1) is 19.4. The summed E-state index contributed by atoms with van der Waals surface area (Å²) in [5.74, 6) is -0.167. The molecule has 0 atom stereocenters. The summed E-state index contributed by atoms with van der Waals surface area (Å²) in [6, 6.07) is 14.1. The number of hydrogen-bond acceptors (Lipinski definition) is 5. The number of hydrogen-bond donors (Lipinski definition) is 2. The van der Waals surface area contributed by atoms with Crippen molar-refractivity contribution in [1.82, 2.24) is 5.32 Å². The maximum Gasteiger partial charge on any atom is 0.337 e. The molecule has 0 spiro atoms. The Morgan fingerprint density at radius 1 is 1.04 bits per heavy atom. The van der Waals surface area contributed by atoms with Crippen LogP contribution in [0.2, 0.25) is 0 Å². The van der Waals surface area contributed by atoms with Crippen LogP contribution in [0.1, 0.15) is 22.8 Å². The molecular weight excluding hydrogens is 352 g/mol. The van der Waals surface area contributed by atoms with Gasteiger partial charge in [0.15, 0.2) is 11.7 Å². The van der Waals surface area contributed by atoms with E-state index in [0.717, 1.165) is 6.42 Å². The summed E-state index contributed by atoms with van der Waals surface area (Å²) in [6.07, 6.45) is 0.946. The van der Waals surface area contributed by atoms with Crippen molar-refractivity contribution in [3.05, 3.63) is 59.7 Å². The van der Waals surface area contributed by atoms with Gasteiger partial charge in [0.05, 0.1) is 12.7 Å². The van der Waals surface area contributed by atoms with Crippen molar-refractivity contribution in [3.63, 3.8) is 0 Å². The Morgan fingerprint density at radius 3 is 2.27 bits per heavy atom. The average molecular weight is 372 g/mol. The summed E-state index contributed by atoms with van der Waals surface area (Å²) in [7, 11) is 1.32. The van der Waals surface area contributed by atoms with E-state index in [1.54, 1.807) is 24.3 Å². The Bertz CT molecular complexity index is 773. The molecule has 2 rings (SSSR count). The fourth-order valence-electron chi connectivity index (χ4n) is 2.10. The number of ether oxygens (including phenoxy) is 2. The van der Waals surface area contributed by atoms with Crippen LogP contribution in [0.3, 0.4) is 0 Å². The smallest absolute Gasteiger partial charge is 0.337 e. The molecule has 0 aromatic heterocycles. The first-order valence-electron chi connectivity index (χ1n) is 8.02. The van der Waals surface area contributed by atoms with Gasteiger partial charge < -0.3 is 14.8 Å². The fraction of sp³-hybridized carbons (Fsp3) is 0.211. The van der Waals surface area contributed by atoms with Gasteiger partial charge in [0.1, 0.15) is 5.75 Å². The molecule has 0 saturated heterocycles. The van der Waals surface area contributed by atoms with Gasteiger partial charge in [0.2, 0.25) is 0 Å². The highest BCUT2D eigenvalue weighted by molar-refractivity contribution is 7.80. The zero-order valence-corrected chi connectivity index (χ0v) is 15.4. The quantitative estimate of drug-likeness (QED) is 0.600. The first-order valence-corrected chi connectivity index (χ1v) is 8.43. The van der Waals surface area contributed by atoms with Crippen molar-refractivity contribution >= 4 is 34.9 Å². The molecule has 2 aromatic carbocycles. The monoisotopic (exact) mass is 372 g/mol. The van der Waals surface area contributed by atoms with E-state index in [1.807, 2.05) is 24.3 Å². The zero-order chi connectivity index (χ0) is 18.9. The van der Waals surface area contributed by atoms with E-state index in [4.69, 9.17) is 17.0 Å². The van der Waals surface area contributed by atoms with Crippen LogP contribution in [0, 0.1) is 0 Å². The van der Waals surface area contributed by atoms with E-state index in [9.17, 15) is 9.59 Å². The SMILES string of the molecule is CCc1ccc(OCC(=O)NC(=S)Nc2ccc(C(=O)OC)cc2)cc1. The number of methoxy groups -OCH3 is 1. The van der Waals surface area contributed by atoms with E-state index >= 15 is 0 Å². The first-order chi connectivity index (χ1) is 12.5. The third kappa shape index (κ3) is 5.86. The summed E-state index contributed by atoms with van der Waals surface area (Å²) >= 11 is 5.09. The Hall–Kier alpha value is -2.93. The summed E-state index contributed by atoms with van der Waals surface area (Å²) in [5.41, 5.74) is 2.26. The molecule has 0 unspecified atom stereocenters. The Kier molecular flexibility index (Phi) is 7.11. The average Bonchev–Trinajstić information content (AvgIpc) is 2.66. The summed E-state index contributed by atoms with van der Waals surface area (Å²) < 4.78 is 10.1. The third-order valence-corrected chi connectivity index (χ3v) is 3.72. The van der Waals surface area contributed by atoms with E-state index in [2.05, 4.69) is 22.3 Å². The molecule has 26 heavy (non-hydrogen) atoms. The minimum Gasteiger partial charge on any atom is -0.484 e. The molecule has 0 radical (unpaired) electrons. The van der Waals surface area contributed by atoms with Crippen molar-refractivity contribution in [3.8, 4) is 5.75 Å². The van der Waals surface area contributed by atoms with Crippen molar-refractivity contribution in [2.75, 3.05) is 19.0 Å². The molecule has 136 valence electrons. The van der Waals surface area contributed by atoms with Crippen molar-refractivity contribution < 1.29 is 19.1 Å². The Morgan fingerprint density at radius 2 is 1.69 bits per heavy atom. The number of esters is 1. The summed E-state index contributed by atoms with van der Waals surface area (Å²) in [5, 5.41) is 5.54. The van der Waals surface area contributed by atoms with Crippen LogP contribution in [0.4, 0.5) is 5.69 Å². The molecule has 0 bridgehead atoms. The van der Waals surface area contributed by atoms with Crippen LogP contribution in [-0.4, -0.2) is 30.7 Å². The van der Waals surface area contributed by atoms with E-state index in [1.165, 1.54) is 12.7 Å². The van der Waals surface area contributed by atoms with E-state index in [-0.39, 0.29) is 17.6 Å². The fourth-order valence-corrected chi connectivity index (χ4v) is 2.33. The van der Waals surface area contributed by atoms with Crippen molar-refractivity contribution in [2.24, 2.45) is 0 Å². The van der Waals surface area contributed by atoms with Crippen LogP contribution >= 0.6 is 12.2 Å². The number of carbonyl (C=O) groups excluding carboxylic acids is 2. The number of benzene rings is 2. The molecule has 1 amide bonds. The van der Waals surface area contributed by atoms with Gasteiger partial charge in [-0.2, -0.15) is 0 Å². The van der Waals surface area contributed by atoms with Gasteiger partial charge in [-0.25, -0.2) is 4.79 Å². The number of amides is 1. The molecule has 0 heterocycles. The lowest BCUT2D eigenvalue weighted by molar-refractivity contribution is -0.121. The van der Waals surface area contributed by atoms with E-state index < -0.39 is 5.97 Å². The highest BCUT2D eigenvalue weighted by Crippen LogP contribution is 2.12. The molecule has 0 aliphatic carbocycles. The maximum absolute atomic E-state index is 11.9. The lowest BCUT2D eigenvalue weighted by atomic mass is 10.2.